The average molecular weight is 517 g/mol. The lowest BCUT2D eigenvalue weighted by molar-refractivity contribution is -0.321. The Balaban J connectivity index is 1.49. The van der Waals surface area contributed by atoms with Gasteiger partial charge in [-0.05, 0) is 49.9 Å². The molecule has 4 aliphatic rings. The highest BCUT2D eigenvalue weighted by atomic mass is 19.4. The van der Waals surface area contributed by atoms with E-state index in [9.17, 15) is 37.1 Å². The summed E-state index contributed by atoms with van der Waals surface area (Å²) in [6, 6.07) is -2.49. The molecule has 0 aromatic carbocycles. The number of hydrogen-bond donors (Lipinski definition) is 3. The summed E-state index contributed by atoms with van der Waals surface area (Å²) >= 11 is 0. The van der Waals surface area contributed by atoms with Crippen LogP contribution in [0.2, 0.25) is 0 Å². The molecule has 13 heteroatoms. The van der Waals surface area contributed by atoms with Crippen LogP contribution in [0.15, 0.2) is 0 Å². The molecule has 0 radical (unpaired) electrons. The van der Waals surface area contributed by atoms with Gasteiger partial charge in [0.15, 0.2) is 5.78 Å². The number of halogens is 3. The van der Waals surface area contributed by atoms with Gasteiger partial charge in [0.1, 0.15) is 12.6 Å². The number of alkyl halides is 3. The number of hydrogen-bond acceptors (Lipinski definition) is 6. The van der Waals surface area contributed by atoms with Gasteiger partial charge < -0.3 is 20.9 Å². The van der Waals surface area contributed by atoms with Gasteiger partial charge in [-0.1, -0.05) is 13.8 Å². The van der Waals surface area contributed by atoms with Crippen molar-refractivity contribution in [2.45, 2.75) is 70.4 Å². The van der Waals surface area contributed by atoms with Gasteiger partial charge in [0, 0.05) is 24.5 Å². The lowest BCUT2D eigenvalue weighted by atomic mass is 9.95. The van der Waals surface area contributed by atoms with Gasteiger partial charge in [0.25, 0.3) is 0 Å². The van der Waals surface area contributed by atoms with Crippen molar-refractivity contribution in [3.05, 3.63) is 0 Å². The van der Waals surface area contributed by atoms with E-state index in [1.807, 2.05) is 20.8 Å². The topological polar surface area (TPSA) is 134 Å². The van der Waals surface area contributed by atoms with Crippen LogP contribution < -0.4 is 16.0 Å². The zero-order valence-electron chi connectivity index (χ0n) is 20.4. The number of nitrogens with one attached hydrogen (secondary N) is 3. The quantitative estimate of drug-likeness (QED) is 0.396. The molecule has 4 rings (SSSR count). The second kappa shape index (κ2) is 9.00. The second-order valence-corrected chi connectivity index (χ2v) is 11.1. The Hall–Kier alpha value is -2.70. The normalized spacial score (nSPS) is 30.2. The van der Waals surface area contributed by atoms with E-state index in [0.29, 0.717) is 13.0 Å². The Morgan fingerprint density at radius 2 is 1.86 bits per heavy atom. The molecule has 0 unspecified atom stereocenters. The molecule has 0 aromatic heterocycles. The number of fused-ring (bicyclic) bond motifs is 1. The number of amides is 4. The highest BCUT2D eigenvalue weighted by Crippen LogP contribution is 2.64. The van der Waals surface area contributed by atoms with Crippen LogP contribution in [0.5, 0.6) is 0 Å². The summed E-state index contributed by atoms with van der Waals surface area (Å²) < 4.78 is 41.2. The van der Waals surface area contributed by atoms with Gasteiger partial charge in [-0.2, -0.15) is 0 Å². The first-order valence-corrected chi connectivity index (χ1v) is 12.1. The number of nitrogens with zero attached hydrogens (tertiary/aromatic N) is 1. The molecule has 2 aliphatic heterocycles. The van der Waals surface area contributed by atoms with Gasteiger partial charge in [-0.25, -0.2) is 0 Å². The van der Waals surface area contributed by atoms with Gasteiger partial charge in [0.05, 0.1) is 6.04 Å². The third kappa shape index (κ3) is 5.35. The summed E-state index contributed by atoms with van der Waals surface area (Å²) in [7, 11) is 0. The molecule has 2 aliphatic carbocycles. The smallest absolute Gasteiger partial charge is 0.356 e. The zero-order valence-corrected chi connectivity index (χ0v) is 20.4. The minimum Gasteiger partial charge on any atom is -0.356 e. The maximum atomic E-state index is 13.4. The fourth-order valence-electron chi connectivity index (χ4n) is 5.50. The number of piperidine rings is 1. The largest absolute Gasteiger partial charge is 0.522 e. The summed E-state index contributed by atoms with van der Waals surface area (Å²) in [4.78, 5) is 64.8. The van der Waals surface area contributed by atoms with Crippen LogP contribution in [-0.2, 0) is 28.7 Å². The van der Waals surface area contributed by atoms with Crippen LogP contribution in [0, 0.1) is 23.2 Å². The van der Waals surface area contributed by atoms with Crippen LogP contribution in [0.25, 0.3) is 0 Å². The molecule has 10 nitrogen and oxygen atoms in total. The summed E-state index contributed by atoms with van der Waals surface area (Å²) in [5.74, 6) is -4.79. The van der Waals surface area contributed by atoms with Crippen molar-refractivity contribution in [3.8, 4) is 0 Å². The van der Waals surface area contributed by atoms with Gasteiger partial charge in [0.2, 0.25) is 11.8 Å². The molecule has 0 aromatic rings. The monoisotopic (exact) mass is 516 g/mol. The standard InChI is InChI=1S/C23H31F3N4O6/c1-21(2)12-9-30(20(35)19(34)29-22(3)5-6-22)16(15(12)21)18(33)28-13(8-11-4-7-27-17(11)32)14(31)10-36-23(24,25)26/h11-13,15-16H,4-10H2,1-3H3,(H,27,32)(H,28,33)(H,29,34)/t11-,12-,13-,15-,16-/m0/s1. The minimum atomic E-state index is -5.04. The molecule has 5 atom stereocenters. The van der Waals surface area contributed by atoms with Crippen molar-refractivity contribution in [2.75, 3.05) is 19.7 Å². The summed E-state index contributed by atoms with van der Waals surface area (Å²) in [6.07, 6.45) is -3.39. The molecule has 3 N–H and O–H groups in total. The predicted octanol–water partition coefficient (Wildman–Crippen LogP) is 0.255. The first-order chi connectivity index (χ1) is 16.6. The first-order valence-electron chi connectivity index (χ1n) is 12.1. The van der Waals surface area contributed by atoms with E-state index in [2.05, 4.69) is 20.7 Å². The van der Waals surface area contributed by atoms with Gasteiger partial charge in [-0.15, -0.1) is 13.2 Å². The van der Waals surface area contributed by atoms with Crippen molar-refractivity contribution < 1.29 is 41.9 Å². The van der Waals surface area contributed by atoms with Crippen molar-refractivity contribution >= 4 is 29.4 Å². The number of ether oxygens (including phenoxy) is 1. The Bertz CT molecular complexity index is 979. The molecule has 2 heterocycles. The van der Waals surface area contributed by atoms with Crippen molar-refractivity contribution in [1.29, 1.82) is 0 Å². The van der Waals surface area contributed by atoms with Gasteiger partial charge in [-0.3, -0.25) is 28.7 Å². The Morgan fingerprint density at radius 1 is 1.19 bits per heavy atom. The minimum absolute atomic E-state index is 0.0372. The first kappa shape index (κ1) is 26.4. The third-order valence-electron chi connectivity index (χ3n) is 8.11. The summed E-state index contributed by atoms with van der Waals surface area (Å²) in [6.45, 7) is 4.88. The van der Waals surface area contributed by atoms with E-state index in [0.717, 1.165) is 12.8 Å². The maximum Gasteiger partial charge on any atom is 0.522 e. The molecule has 36 heavy (non-hydrogen) atoms. The van der Waals surface area contributed by atoms with Crippen molar-refractivity contribution in [2.24, 2.45) is 23.2 Å². The molecule has 0 bridgehead atoms. The third-order valence-corrected chi connectivity index (χ3v) is 8.11. The number of ketones is 1. The highest BCUT2D eigenvalue weighted by Gasteiger charge is 2.69. The molecule has 200 valence electrons. The lowest BCUT2D eigenvalue weighted by Crippen LogP contribution is -2.57. The summed E-state index contributed by atoms with van der Waals surface area (Å²) in [5.41, 5.74) is -0.730. The number of carbonyl (C=O) groups excluding carboxylic acids is 5. The molecule has 4 amide bonds. The Morgan fingerprint density at radius 3 is 2.42 bits per heavy atom. The molecule has 0 spiro atoms. The number of likely N-dealkylation sites (tertiary alicyclic amines) is 1. The van der Waals surface area contributed by atoms with Crippen LogP contribution in [0.3, 0.4) is 0 Å². The number of Topliss-reactive ketones (excluding diaryl/α,β-unsaturated/α-hetero) is 1. The predicted molar refractivity (Wildman–Crippen MR) is 117 cm³/mol. The maximum absolute atomic E-state index is 13.4. The molecule has 2 saturated heterocycles. The Labute approximate surface area is 206 Å². The van der Waals surface area contributed by atoms with Crippen molar-refractivity contribution in [3.63, 3.8) is 0 Å². The van der Waals surface area contributed by atoms with Crippen LogP contribution in [0.1, 0.15) is 46.5 Å². The highest BCUT2D eigenvalue weighted by molar-refractivity contribution is 6.35. The van der Waals surface area contributed by atoms with Crippen molar-refractivity contribution in [1.82, 2.24) is 20.9 Å². The molecular formula is C23H31F3N4O6. The van der Waals surface area contributed by atoms with Crippen LogP contribution >= 0.6 is 0 Å². The number of carbonyl (C=O) groups is 5. The van der Waals surface area contributed by atoms with Gasteiger partial charge >= 0.3 is 18.2 Å². The van der Waals surface area contributed by atoms with E-state index in [1.54, 1.807) is 0 Å². The van der Waals surface area contributed by atoms with E-state index in [1.165, 1.54) is 4.90 Å². The zero-order chi connectivity index (χ0) is 26.6. The second-order valence-electron chi connectivity index (χ2n) is 11.1. The summed E-state index contributed by atoms with van der Waals surface area (Å²) in [5, 5.41) is 7.75. The lowest BCUT2D eigenvalue weighted by Gasteiger charge is -2.31. The van der Waals surface area contributed by atoms with E-state index in [-0.39, 0.29) is 36.1 Å². The fourth-order valence-corrected chi connectivity index (χ4v) is 5.50. The fraction of sp³-hybridized carbons (Fsp3) is 0.783. The average Bonchev–Trinajstić information content (AvgIpc) is 3.42. The van der Waals surface area contributed by atoms with E-state index >= 15 is 0 Å². The SMILES string of the molecule is CC1(NC(=O)C(=O)N2C[C@H]3[C@@H]([C@H]2C(=O)N[C@@H](C[C@@H]2CCNC2=O)C(=O)COC(F)(F)F)C3(C)C)CC1. The number of rotatable bonds is 8. The molecule has 2 saturated carbocycles. The Kier molecular flexibility index (Phi) is 6.59. The van der Waals surface area contributed by atoms with E-state index < -0.39 is 60.0 Å². The van der Waals surface area contributed by atoms with Crippen LogP contribution in [0.4, 0.5) is 13.2 Å². The van der Waals surface area contributed by atoms with E-state index in [4.69, 9.17) is 0 Å². The molecular weight excluding hydrogens is 485 g/mol. The molecule has 4 fully saturated rings. The van der Waals surface area contributed by atoms with Crippen LogP contribution in [-0.4, -0.2) is 78.0 Å².